The van der Waals surface area contributed by atoms with Crippen LogP contribution in [0.25, 0.3) is 55.6 Å². The van der Waals surface area contributed by atoms with Crippen molar-refractivity contribution in [3.05, 3.63) is 199 Å². The van der Waals surface area contributed by atoms with Crippen LogP contribution in [0, 0.1) is 0 Å². The van der Waals surface area contributed by atoms with E-state index in [4.69, 9.17) is 13.8 Å². The molecule has 8 aromatic carbocycles. The molecule has 2 heterocycles. The second kappa shape index (κ2) is 12.9. The molecule has 0 saturated heterocycles. The highest BCUT2D eigenvalue weighted by atomic mass is 16.3. The molecule has 11 rings (SSSR count). The maximum absolute atomic E-state index is 6.91. The summed E-state index contributed by atoms with van der Waals surface area (Å²) in [5, 5.41) is 2.14. The van der Waals surface area contributed by atoms with Crippen molar-refractivity contribution in [3.63, 3.8) is 0 Å². The molecular weight excluding hydrogens is 699 g/mol. The number of benzene rings is 8. The van der Waals surface area contributed by atoms with Crippen LogP contribution in [0.15, 0.2) is 197 Å². The van der Waals surface area contributed by atoms with Crippen LogP contribution < -0.4 is 9.80 Å². The van der Waals surface area contributed by atoms with Gasteiger partial charge in [-0.2, -0.15) is 0 Å². The van der Waals surface area contributed by atoms with Gasteiger partial charge in [0.1, 0.15) is 11.1 Å². The first-order valence-electron chi connectivity index (χ1n) is 19.4. The molecule has 0 radical (unpaired) electrons. The van der Waals surface area contributed by atoms with E-state index >= 15 is 0 Å². The minimum Gasteiger partial charge on any atom is -0.454 e. The maximum Gasteiger partial charge on any atom is 0.227 e. The Balaban J connectivity index is 1.23. The molecular formula is C52H37N3O2. The van der Waals surface area contributed by atoms with Gasteiger partial charge in [0.15, 0.2) is 11.2 Å². The summed E-state index contributed by atoms with van der Waals surface area (Å²) in [5.41, 5.74) is 14.7. The highest BCUT2D eigenvalue weighted by Gasteiger charge is 2.38. The molecule has 0 saturated carbocycles. The minimum atomic E-state index is -0.177. The third-order valence-corrected chi connectivity index (χ3v) is 11.5. The fraction of sp³-hybridized carbons (Fsp3) is 0.0577. The summed E-state index contributed by atoms with van der Waals surface area (Å²) in [6, 6.07) is 65.7. The second-order valence-electron chi connectivity index (χ2n) is 15.2. The zero-order valence-electron chi connectivity index (χ0n) is 31.6. The predicted octanol–water partition coefficient (Wildman–Crippen LogP) is 14.6. The van der Waals surface area contributed by atoms with Gasteiger partial charge in [-0.15, -0.1) is 0 Å². The Hall–Kier alpha value is -7.37. The summed E-state index contributed by atoms with van der Waals surface area (Å²) in [7, 11) is 0. The van der Waals surface area contributed by atoms with Crippen LogP contribution in [0.4, 0.5) is 34.1 Å². The molecule has 0 fully saturated rings. The van der Waals surface area contributed by atoms with Crippen LogP contribution >= 0.6 is 0 Å². The van der Waals surface area contributed by atoms with E-state index < -0.39 is 0 Å². The summed E-state index contributed by atoms with van der Waals surface area (Å²) in [6.07, 6.45) is 0. The van der Waals surface area contributed by atoms with Crippen LogP contribution in [0.3, 0.4) is 0 Å². The number of aromatic nitrogens is 1. The van der Waals surface area contributed by atoms with Gasteiger partial charge < -0.3 is 18.6 Å². The van der Waals surface area contributed by atoms with Crippen LogP contribution in [-0.2, 0) is 5.41 Å². The fourth-order valence-electron chi connectivity index (χ4n) is 8.82. The average Bonchev–Trinajstić information content (AvgIpc) is 3.94. The predicted molar refractivity (Wildman–Crippen MR) is 234 cm³/mol. The molecule has 0 aliphatic heterocycles. The lowest BCUT2D eigenvalue weighted by Crippen LogP contribution is -2.16. The first-order chi connectivity index (χ1) is 28.0. The molecule has 10 aromatic rings. The third-order valence-electron chi connectivity index (χ3n) is 11.5. The molecule has 0 amide bonds. The lowest BCUT2D eigenvalue weighted by Gasteiger charge is -2.31. The molecule has 57 heavy (non-hydrogen) atoms. The number of rotatable bonds is 7. The molecule has 5 heteroatoms. The van der Waals surface area contributed by atoms with Crippen LogP contribution in [0.1, 0.15) is 25.0 Å². The van der Waals surface area contributed by atoms with E-state index in [0.717, 1.165) is 67.1 Å². The van der Waals surface area contributed by atoms with E-state index in [-0.39, 0.29) is 5.41 Å². The van der Waals surface area contributed by atoms with Gasteiger partial charge in [0.05, 0.1) is 22.7 Å². The van der Waals surface area contributed by atoms with Gasteiger partial charge in [-0.3, -0.25) is 0 Å². The van der Waals surface area contributed by atoms with Crippen molar-refractivity contribution < 1.29 is 8.83 Å². The van der Waals surface area contributed by atoms with Crippen LogP contribution in [0.5, 0.6) is 0 Å². The highest BCUT2D eigenvalue weighted by molar-refractivity contribution is 6.11. The minimum absolute atomic E-state index is 0.177. The number of anilines is 6. The van der Waals surface area contributed by atoms with Crippen LogP contribution in [-0.4, -0.2) is 4.98 Å². The standard InChI is InChI=1S/C52H37N3O2/c1-52(2)41-27-14-12-25-40(41)48-42(52)28-17-29-44(48)55(36-22-10-5-11-23-36)46-33-37(32-43-50(46)57-51(53-43)34-18-6-3-7-19-34)54(35-20-8-4-9-21-35)45-30-16-26-39-38-24-13-15-31-47(38)56-49(39)45/h3-33H,1-2H3. The van der Waals surface area contributed by atoms with E-state index in [9.17, 15) is 0 Å². The van der Waals surface area contributed by atoms with E-state index in [1.54, 1.807) is 0 Å². The van der Waals surface area contributed by atoms with E-state index in [2.05, 4.69) is 163 Å². The van der Waals surface area contributed by atoms with Gasteiger partial charge in [0.2, 0.25) is 5.89 Å². The van der Waals surface area contributed by atoms with Gasteiger partial charge in [0.25, 0.3) is 0 Å². The smallest absolute Gasteiger partial charge is 0.227 e. The summed E-state index contributed by atoms with van der Waals surface area (Å²) in [6.45, 7) is 4.65. The SMILES string of the molecule is CC1(C)c2ccccc2-c2c(N(c3ccccc3)c3cc(N(c4ccccc4)c4cccc5c4oc4ccccc45)cc4nc(-c5ccccc5)oc34)cccc21. The quantitative estimate of drug-likeness (QED) is 0.163. The molecule has 0 atom stereocenters. The van der Waals surface area contributed by atoms with E-state index in [1.165, 1.54) is 22.3 Å². The largest absolute Gasteiger partial charge is 0.454 e. The number of oxazole rings is 1. The summed E-state index contributed by atoms with van der Waals surface area (Å²) < 4.78 is 13.6. The van der Waals surface area contributed by atoms with Crippen LogP contribution in [0.2, 0.25) is 0 Å². The maximum atomic E-state index is 6.91. The monoisotopic (exact) mass is 735 g/mol. The molecule has 2 aromatic heterocycles. The number of para-hydroxylation sites is 4. The molecule has 0 unspecified atom stereocenters. The summed E-state index contributed by atoms with van der Waals surface area (Å²) >= 11 is 0. The van der Waals surface area contributed by atoms with Gasteiger partial charge in [-0.05, 0) is 83.4 Å². The number of nitrogens with zero attached hydrogens (tertiary/aromatic N) is 3. The third kappa shape index (κ3) is 5.20. The number of furan rings is 1. The van der Waals surface area contributed by atoms with Crippen molar-refractivity contribution in [1.29, 1.82) is 0 Å². The number of fused-ring (bicyclic) bond motifs is 7. The molecule has 1 aliphatic carbocycles. The average molecular weight is 736 g/mol. The van der Waals surface area contributed by atoms with Gasteiger partial charge in [-0.1, -0.05) is 135 Å². The number of hydrogen-bond acceptors (Lipinski definition) is 5. The molecule has 1 aliphatic rings. The molecule has 5 nitrogen and oxygen atoms in total. The summed E-state index contributed by atoms with van der Waals surface area (Å²) in [4.78, 5) is 9.86. The van der Waals surface area contributed by atoms with E-state index in [1.807, 2.05) is 48.5 Å². The van der Waals surface area contributed by atoms with E-state index in [0.29, 0.717) is 11.5 Å². The lowest BCUT2D eigenvalue weighted by molar-refractivity contribution is 0.620. The zero-order valence-corrected chi connectivity index (χ0v) is 31.6. The zero-order chi connectivity index (χ0) is 38.1. The Labute approximate surface area is 330 Å². The van der Waals surface area contributed by atoms with Crippen molar-refractivity contribution in [2.75, 3.05) is 9.80 Å². The Morgan fingerprint density at radius 1 is 0.456 bits per heavy atom. The summed E-state index contributed by atoms with van der Waals surface area (Å²) in [5.74, 6) is 0.562. The molecule has 0 bridgehead atoms. The van der Waals surface area contributed by atoms with Crippen molar-refractivity contribution in [1.82, 2.24) is 4.98 Å². The first-order valence-corrected chi connectivity index (χ1v) is 19.4. The fourth-order valence-corrected chi connectivity index (χ4v) is 8.82. The van der Waals surface area contributed by atoms with Crippen molar-refractivity contribution in [3.8, 4) is 22.6 Å². The van der Waals surface area contributed by atoms with Gasteiger partial charge >= 0.3 is 0 Å². The van der Waals surface area contributed by atoms with Gasteiger partial charge in [0, 0.05) is 38.7 Å². The van der Waals surface area contributed by atoms with Gasteiger partial charge in [-0.25, -0.2) is 4.98 Å². The Morgan fingerprint density at radius 2 is 1.07 bits per heavy atom. The highest BCUT2D eigenvalue weighted by Crippen LogP contribution is 2.55. The Morgan fingerprint density at radius 3 is 1.86 bits per heavy atom. The Kier molecular flexibility index (Phi) is 7.45. The van der Waals surface area contributed by atoms with Crippen molar-refractivity contribution >= 4 is 67.2 Å². The Bertz CT molecular complexity index is 3110. The topological polar surface area (TPSA) is 45.7 Å². The normalized spacial score (nSPS) is 12.9. The molecule has 0 spiro atoms. The van der Waals surface area contributed by atoms with Crippen molar-refractivity contribution in [2.24, 2.45) is 0 Å². The number of hydrogen-bond donors (Lipinski definition) is 0. The molecule has 0 N–H and O–H groups in total. The lowest BCUT2D eigenvalue weighted by atomic mass is 9.82. The van der Waals surface area contributed by atoms with Crippen molar-refractivity contribution in [2.45, 2.75) is 19.3 Å². The second-order valence-corrected chi connectivity index (χ2v) is 15.2. The first kappa shape index (κ1) is 33.0. The molecule has 272 valence electrons.